The van der Waals surface area contributed by atoms with Crippen molar-refractivity contribution in [2.45, 2.75) is 264 Å². The lowest BCUT2D eigenvalue weighted by atomic mass is 10.0. The van der Waals surface area contributed by atoms with Gasteiger partial charge < -0.3 is 24.8 Å². The van der Waals surface area contributed by atoms with Crippen LogP contribution in [0.15, 0.2) is 17.5 Å². The molecule has 0 spiro atoms. The second-order valence-electron chi connectivity index (χ2n) is 18.3. The Morgan fingerprint density at radius 3 is 1.60 bits per heavy atom. The molecule has 9 heteroatoms. The summed E-state index contributed by atoms with van der Waals surface area (Å²) in [5.41, 5.74) is 0. The summed E-state index contributed by atoms with van der Waals surface area (Å²) >= 11 is 1.45. The molecule has 0 saturated heterocycles. The summed E-state index contributed by atoms with van der Waals surface area (Å²) in [7, 11) is 0. The Hall–Kier alpha value is -1.97. The van der Waals surface area contributed by atoms with Crippen LogP contribution in [0.3, 0.4) is 0 Å². The number of nitrogens with zero attached hydrogens (tertiary/aromatic N) is 1. The quantitative estimate of drug-likeness (QED) is 0.0496. The van der Waals surface area contributed by atoms with Crippen molar-refractivity contribution < 1.29 is 29.0 Å². The number of ether oxygens (including phenoxy) is 2. The minimum Gasteiger partial charge on any atom is -0.466 e. The third-order valence-electron chi connectivity index (χ3n) is 12.2. The third kappa shape index (κ3) is 37.4. The molecule has 1 amide bonds. The van der Waals surface area contributed by atoms with E-state index in [4.69, 9.17) is 9.47 Å². The van der Waals surface area contributed by atoms with Crippen molar-refractivity contribution in [2.75, 3.05) is 32.8 Å². The number of aliphatic hydroxyl groups is 1. The molecule has 8 nitrogen and oxygen atoms in total. The van der Waals surface area contributed by atoms with Crippen LogP contribution in [0.5, 0.6) is 0 Å². The van der Waals surface area contributed by atoms with Gasteiger partial charge in [0.05, 0.1) is 17.6 Å². The fourth-order valence-electron chi connectivity index (χ4n) is 8.28. The molecule has 0 aliphatic rings. The highest BCUT2D eigenvalue weighted by molar-refractivity contribution is 7.12. The Kier molecular flexibility index (Phi) is 41.4. The number of aliphatic hydroxyl groups excluding tert-OH is 1. The first-order valence-corrected chi connectivity index (χ1v) is 27.3. The summed E-state index contributed by atoms with van der Waals surface area (Å²) in [6, 6.07) is 3.73. The van der Waals surface area contributed by atoms with Gasteiger partial charge in [-0.1, -0.05) is 168 Å². The zero-order valence-electron chi connectivity index (χ0n) is 40.7. The molecule has 2 N–H and O–H groups in total. The number of unbranched alkanes of at least 4 members (excludes halogenated alkanes) is 25. The van der Waals surface area contributed by atoms with Crippen LogP contribution in [-0.2, 0) is 19.1 Å². The minimum atomic E-state index is -0.406. The predicted octanol–water partition coefficient (Wildman–Crippen LogP) is 14.7. The van der Waals surface area contributed by atoms with Crippen molar-refractivity contribution in [2.24, 2.45) is 0 Å². The van der Waals surface area contributed by atoms with Crippen molar-refractivity contribution in [3.8, 4) is 0 Å². The van der Waals surface area contributed by atoms with Crippen LogP contribution < -0.4 is 5.32 Å². The molecule has 1 atom stereocenters. The molecule has 0 aliphatic carbocycles. The van der Waals surface area contributed by atoms with Gasteiger partial charge in [0.2, 0.25) is 0 Å². The Bertz CT molecular complexity index is 1120. The second kappa shape index (κ2) is 44.2. The second-order valence-corrected chi connectivity index (χ2v) is 19.2. The number of hydrogen-bond donors (Lipinski definition) is 2. The molecule has 1 unspecified atom stereocenters. The maximum Gasteiger partial charge on any atom is 0.306 e. The van der Waals surface area contributed by atoms with Crippen LogP contribution >= 0.6 is 11.3 Å². The van der Waals surface area contributed by atoms with Gasteiger partial charge in [0, 0.05) is 25.9 Å². The number of rotatable bonds is 47. The van der Waals surface area contributed by atoms with Gasteiger partial charge in [0.25, 0.3) is 5.91 Å². The predicted molar refractivity (Wildman–Crippen MR) is 263 cm³/mol. The molecule has 1 aromatic rings. The number of carbonyl (C=O) groups is 3. The molecule has 0 aromatic carbocycles. The van der Waals surface area contributed by atoms with Crippen LogP contribution in [0.25, 0.3) is 0 Å². The molecule has 1 aromatic heterocycles. The topological polar surface area (TPSA) is 105 Å². The summed E-state index contributed by atoms with van der Waals surface area (Å²) < 4.78 is 11.6. The average Bonchev–Trinajstić information content (AvgIpc) is 3.81. The SMILES string of the molecule is CCCCCCCCCCCOC(=O)CCCCCN(CCCCCCCC(=O)OC(CCCCCCCC)CCCCCCCC)CC(O)CCCCNC(=O)c1cccs1. The van der Waals surface area contributed by atoms with E-state index in [1.165, 1.54) is 120 Å². The zero-order chi connectivity index (χ0) is 45.0. The van der Waals surface area contributed by atoms with E-state index in [0.717, 1.165) is 121 Å². The van der Waals surface area contributed by atoms with Gasteiger partial charge in [-0.25, -0.2) is 0 Å². The van der Waals surface area contributed by atoms with Crippen LogP contribution in [0.4, 0.5) is 0 Å². The summed E-state index contributed by atoms with van der Waals surface area (Å²) in [4.78, 5) is 40.6. The molecular weight excluding hydrogens is 793 g/mol. The molecular formula is C53H98N2O6S. The maximum absolute atomic E-state index is 12.9. The highest BCUT2D eigenvalue weighted by atomic mass is 32.1. The molecule has 0 aliphatic heterocycles. The van der Waals surface area contributed by atoms with Crippen molar-refractivity contribution >= 4 is 29.2 Å². The van der Waals surface area contributed by atoms with Gasteiger partial charge >= 0.3 is 11.9 Å². The monoisotopic (exact) mass is 891 g/mol. The van der Waals surface area contributed by atoms with Crippen molar-refractivity contribution in [3.63, 3.8) is 0 Å². The van der Waals surface area contributed by atoms with E-state index in [1.807, 2.05) is 17.5 Å². The van der Waals surface area contributed by atoms with E-state index < -0.39 is 6.10 Å². The first kappa shape index (κ1) is 58.0. The van der Waals surface area contributed by atoms with Gasteiger partial charge in [-0.15, -0.1) is 11.3 Å². The van der Waals surface area contributed by atoms with E-state index in [-0.39, 0.29) is 23.9 Å². The summed E-state index contributed by atoms with van der Waals surface area (Å²) in [5.74, 6) is -0.105. The van der Waals surface area contributed by atoms with Crippen LogP contribution in [0.2, 0.25) is 0 Å². The fourth-order valence-corrected chi connectivity index (χ4v) is 8.92. The molecule has 1 rings (SSSR count). The average molecular weight is 891 g/mol. The van der Waals surface area contributed by atoms with Gasteiger partial charge in [0.15, 0.2) is 0 Å². The lowest BCUT2D eigenvalue weighted by Crippen LogP contribution is -2.34. The molecule has 1 heterocycles. The number of carbonyl (C=O) groups excluding carboxylic acids is 3. The Balaban J connectivity index is 2.39. The Labute approximate surface area is 386 Å². The lowest BCUT2D eigenvalue weighted by Gasteiger charge is -2.25. The van der Waals surface area contributed by atoms with Gasteiger partial charge in [-0.3, -0.25) is 14.4 Å². The number of hydrogen-bond acceptors (Lipinski definition) is 8. The summed E-state index contributed by atoms with van der Waals surface area (Å²) in [6.45, 7) is 10.4. The fraction of sp³-hybridized carbons (Fsp3) is 0.868. The number of amides is 1. The zero-order valence-corrected chi connectivity index (χ0v) is 41.5. The summed E-state index contributed by atoms with van der Waals surface area (Å²) in [5, 5.41) is 15.9. The smallest absolute Gasteiger partial charge is 0.306 e. The molecule has 62 heavy (non-hydrogen) atoms. The maximum atomic E-state index is 12.9. The third-order valence-corrected chi connectivity index (χ3v) is 13.1. The Morgan fingerprint density at radius 2 is 1.05 bits per heavy atom. The molecule has 362 valence electrons. The van der Waals surface area contributed by atoms with Gasteiger partial charge in [0.1, 0.15) is 6.10 Å². The molecule has 0 bridgehead atoms. The van der Waals surface area contributed by atoms with Gasteiger partial charge in [-0.2, -0.15) is 0 Å². The Morgan fingerprint density at radius 1 is 0.581 bits per heavy atom. The standard InChI is InChI=1S/C53H98N2O6S/c1-4-7-10-13-16-17-18-24-34-45-60-51(57)40-29-25-33-44-55(47-48(56)36-30-31-42-54-53(59)50-39-35-46-62-50)43-32-23-19-22-28-41-52(58)61-49(37-26-20-14-11-8-5-2)38-27-21-15-12-9-6-3/h35,39,46,48-49,56H,4-34,36-38,40-45,47H2,1-3H3,(H,54,59). The highest BCUT2D eigenvalue weighted by Crippen LogP contribution is 2.19. The largest absolute Gasteiger partial charge is 0.466 e. The van der Waals surface area contributed by atoms with Crippen molar-refractivity contribution in [1.82, 2.24) is 10.2 Å². The van der Waals surface area contributed by atoms with E-state index in [9.17, 15) is 19.5 Å². The van der Waals surface area contributed by atoms with Crippen molar-refractivity contribution in [3.05, 3.63) is 22.4 Å². The first-order chi connectivity index (χ1) is 30.4. The normalized spacial score (nSPS) is 12.0. The molecule has 0 fully saturated rings. The van der Waals surface area contributed by atoms with Crippen LogP contribution in [0.1, 0.15) is 262 Å². The van der Waals surface area contributed by atoms with Gasteiger partial charge in [-0.05, 0) is 102 Å². The lowest BCUT2D eigenvalue weighted by molar-refractivity contribution is -0.150. The number of thiophene rings is 1. The minimum absolute atomic E-state index is 0.0101. The number of esters is 2. The molecule has 0 radical (unpaired) electrons. The highest BCUT2D eigenvalue weighted by Gasteiger charge is 2.16. The first-order valence-electron chi connectivity index (χ1n) is 26.5. The van der Waals surface area contributed by atoms with E-state index in [0.29, 0.717) is 39.0 Å². The van der Waals surface area contributed by atoms with E-state index in [2.05, 4.69) is 31.0 Å². The molecule has 0 saturated carbocycles. The summed E-state index contributed by atoms with van der Waals surface area (Å²) in [6.07, 6.45) is 39.6. The van der Waals surface area contributed by atoms with E-state index in [1.54, 1.807) is 0 Å². The van der Waals surface area contributed by atoms with Crippen molar-refractivity contribution in [1.29, 1.82) is 0 Å². The van der Waals surface area contributed by atoms with E-state index >= 15 is 0 Å². The van der Waals surface area contributed by atoms with Crippen LogP contribution in [-0.4, -0.2) is 72.8 Å². The number of nitrogens with one attached hydrogen (secondary N) is 1. The van der Waals surface area contributed by atoms with Crippen LogP contribution in [0, 0.1) is 0 Å².